The molecule has 128 valence electrons. The second kappa shape index (κ2) is 6.47. The van der Waals surface area contributed by atoms with Gasteiger partial charge in [0.25, 0.3) is 5.91 Å². The summed E-state index contributed by atoms with van der Waals surface area (Å²) in [6, 6.07) is 0. The number of carbonyl (C=O) groups excluding carboxylic acids is 2. The van der Waals surface area contributed by atoms with Gasteiger partial charge in [-0.1, -0.05) is 0 Å². The van der Waals surface area contributed by atoms with Crippen LogP contribution in [0.3, 0.4) is 0 Å². The predicted molar refractivity (Wildman–Crippen MR) is 89.7 cm³/mol. The zero-order valence-corrected chi connectivity index (χ0v) is 15.2. The fourth-order valence-electron chi connectivity index (χ4n) is 2.37. The Morgan fingerprint density at radius 2 is 2.00 bits per heavy atom. The Balaban J connectivity index is 1.96. The molecule has 23 heavy (non-hydrogen) atoms. The van der Waals surface area contributed by atoms with Crippen molar-refractivity contribution < 1.29 is 14.3 Å². The van der Waals surface area contributed by atoms with Gasteiger partial charge in [0, 0.05) is 6.54 Å². The van der Waals surface area contributed by atoms with Crippen molar-refractivity contribution in [1.82, 2.24) is 15.6 Å². The van der Waals surface area contributed by atoms with Crippen LogP contribution in [0.4, 0.5) is 4.79 Å². The number of rotatable bonds is 5. The van der Waals surface area contributed by atoms with Crippen molar-refractivity contribution in [1.29, 1.82) is 0 Å². The lowest BCUT2D eigenvalue weighted by molar-refractivity contribution is 0.0503. The molecule has 1 aliphatic rings. The van der Waals surface area contributed by atoms with Gasteiger partial charge in [-0.05, 0) is 53.4 Å². The van der Waals surface area contributed by atoms with Crippen LogP contribution in [0, 0.1) is 12.8 Å². The van der Waals surface area contributed by atoms with Crippen LogP contribution in [0.25, 0.3) is 0 Å². The molecule has 0 aliphatic heterocycles. The Morgan fingerprint density at radius 3 is 2.48 bits per heavy atom. The maximum atomic E-state index is 12.4. The molecule has 1 fully saturated rings. The summed E-state index contributed by atoms with van der Waals surface area (Å²) in [6.07, 6.45) is 3.22. The lowest BCUT2D eigenvalue weighted by Crippen LogP contribution is -2.55. The summed E-state index contributed by atoms with van der Waals surface area (Å²) >= 11 is 1.37. The summed E-state index contributed by atoms with van der Waals surface area (Å²) in [6.45, 7) is 9.64. The topological polar surface area (TPSA) is 80.3 Å². The van der Waals surface area contributed by atoms with E-state index in [0.717, 1.165) is 17.8 Å². The largest absolute Gasteiger partial charge is 0.444 e. The van der Waals surface area contributed by atoms with Gasteiger partial charge in [-0.15, -0.1) is 11.3 Å². The van der Waals surface area contributed by atoms with Crippen molar-refractivity contribution in [2.75, 3.05) is 6.54 Å². The molecule has 0 bridgehead atoms. The van der Waals surface area contributed by atoms with Crippen LogP contribution in [0.5, 0.6) is 0 Å². The lowest BCUT2D eigenvalue weighted by Gasteiger charge is -2.31. The molecule has 2 N–H and O–H groups in total. The number of aromatic nitrogens is 1. The van der Waals surface area contributed by atoms with Gasteiger partial charge in [-0.25, -0.2) is 9.78 Å². The van der Waals surface area contributed by atoms with Crippen LogP contribution < -0.4 is 10.6 Å². The SMILES string of the molecule is Cc1ncc(C(=O)N[C@@](C)(CNC(=O)OC(C)(C)C)C2CC2)s1. The molecular weight excluding hydrogens is 314 g/mol. The number of thiazole rings is 1. The van der Waals surface area contributed by atoms with Gasteiger partial charge in [0.05, 0.1) is 16.7 Å². The highest BCUT2D eigenvalue weighted by atomic mass is 32.1. The molecule has 0 aromatic carbocycles. The maximum Gasteiger partial charge on any atom is 0.407 e. The zero-order valence-electron chi connectivity index (χ0n) is 14.4. The Labute approximate surface area is 141 Å². The van der Waals surface area contributed by atoms with E-state index in [1.54, 1.807) is 6.20 Å². The van der Waals surface area contributed by atoms with Crippen LogP contribution in [0.15, 0.2) is 6.20 Å². The van der Waals surface area contributed by atoms with Crippen molar-refractivity contribution in [3.05, 3.63) is 16.1 Å². The summed E-state index contributed by atoms with van der Waals surface area (Å²) in [5, 5.41) is 6.70. The number of nitrogens with zero attached hydrogens (tertiary/aromatic N) is 1. The van der Waals surface area contributed by atoms with E-state index in [2.05, 4.69) is 15.6 Å². The van der Waals surface area contributed by atoms with Crippen molar-refractivity contribution >= 4 is 23.3 Å². The minimum absolute atomic E-state index is 0.143. The Hall–Kier alpha value is -1.63. The fourth-order valence-corrected chi connectivity index (χ4v) is 3.04. The number of amides is 2. The second-order valence-corrected chi connectivity index (χ2v) is 8.48. The predicted octanol–water partition coefficient (Wildman–Crippen LogP) is 2.87. The van der Waals surface area contributed by atoms with Crippen LogP contribution in [0.1, 0.15) is 55.2 Å². The number of alkyl carbamates (subject to hydrolysis) is 1. The monoisotopic (exact) mass is 339 g/mol. The standard InChI is InChI=1S/C16H25N3O3S/c1-10-17-8-12(23-10)13(20)19-16(5,11-6-7-11)9-18-14(21)22-15(2,3)4/h8,11H,6-7,9H2,1-5H3,(H,18,21)(H,19,20)/t16-/m0/s1. The molecule has 2 rings (SSSR count). The maximum absolute atomic E-state index is 12.4. The first-order chi connectivity index (χ1) is 10.6. The van der Waals surface area contributed by atoms with Crippen LogP contribution in [-0.2, 0) is 4.74 Å². The third-order valence-corrected chi connectivity index (χ3v) is 4.63. The molecule has 7 heteroatoms. The molecule has 1 aromatic rings. The summed E-state index contributed by atoms with van der Waals surface area (Å²) < 4.78 is 5.26. The van der Waals surface area contributed by atoms with E-state index in [0.29, 0.717) is 17.3 Å². The molecule has 0 radical (unpaired) electrons. The second-order valence-electron chi connectivity index (χ2n) is 7.24. The average Bonchev–Trinajstić information content (AvgIpc) is 3.18. The van der Waals surface area contributed by atoms with Crippen molar-refractivity contribution in [3.8, 4) is 0 Å². The first-order valence-electron chi connectivity index (χ1n) is 7.81. The number of hydrogen-bond donors (Lipinski definition) is 2. The van der Waals surface area contributed by atoms with Crippen LogP contribution >= 0.6 is 11.3 Å². The van der Waals surface area contributed by atoms with Gasteiger partial charge in [0.1, 0.15) is 10.5 Å². The highest BCUT2D eigenvalue weighted by Gasteiger charge is 2.43. The normalized spacial score (nSPS) is 17.3. The molecule has 1 aliphatic carbocycles. The third-order valence-electron chi connectivity index (χ3n) is 3.72. The highest BCUT2D eigenvalue weighted by Crippen LogP contribution is 2.39. The summed E-state index contributed by atoms with van der Waals surface area (Å²) in [5.41, 5.74) is -1.02. The van der Waals surface area contributed by atoms with Gasteiger partial charge in [-0.2, -0.15) is 0 Å². The molecule has 1 atom stereocenters. The Morgan fingerprint density at radius 1 is 1.35 bits per heavy atom. The number of nitrogens with one attached hydrogen (secondary N) is 2. The van der Waals surface area contributed by atoms with Crippen LogP contribution in [0.2, 0.25) is 0 Å². The minimum Gasteiger partial charge on any atom is -0.444 e. The first-order valence-corrected chi connectivity index (χ1v) is 8.62. The number of ether oxygens (including phenoxy) is 1. The molecule has 6 nitrogen and oxygen atoms in total. The van der Waals surface area contributed by atoms with Crippen LogP contribution in [-0.4, -0.2) is 34.7 Å². The van der Waals surface area contributed by atoms with Gasteiger partial charge in [0.15, 0.2) is 0 Å². The lowest BCUT2D eigenvalue weighted by atomic mass is 9.95. The Kier molecular flexibility index (Phi) is 4.98. The average molecular weight is 339 g/mol. The van der Waals surface area contributed by atoms with Gasteiger partial charge >= 0.3 is 6.09 Å². The fraction of sp³-hybridized carbons (Fsp3) is 0.688. The van der Waals surface area contributed by atoms with Gasteiger partial charge < -0.3 is 15.4 Å². The number of aryl methyl sites for hydroxylation is 1. The third kappa shape index (κ3) is 5.20. The van der Waals surface area contributed by atoms with E-state index in [1.165, 1.54) is 11.3 Å². The van der Waals surface area contributed by atoms with E-state index < -0.39 is 17.2 Å². The number of hydrogen-bond acceptors (Lipinski definition) is 5. The van der Waals surface area contributed by atoms with Crippen molar-refractivity contribution in [3.63, 3.8) is 0 Å². The smallest absolute Gasteiger partial charge is 0.407 e. The van der Waals surface area contributed by atoms with E-state index in [1.807, 2.05) is 34.6 Å². The summed E-state index contributed by atoms with van der Waals surface area (Å²) in [5.74, 6) is 0.228. The van der Waals surface area contributed by atoms with E-state index >= 15 is 0 Å². The number of carbonyl (C=O) groups is 2. The molecular formula is C16H25N3O3S. The molecule has 2 amide bonds. The van der Waals surface area contributed by atoms with E-state index in [9.17, 15) is 9.59 Å². The minimum atomic E-state index is -0.538. The van der Waals surface area contributed by atoms with Gasteiger partial charge in [-0.3, -0.25) is 4.79 Å². The van der Waals surface area contributed by atoms with E-state index in [-0.39, 0.29) is 5.91 Å². The molecule has 0 spiro atoms. The molecule has 0 saturated heterocycles. The molecule has 1 heterocycles. The van der Waals surface area contributed by atoms with Crippen molar-refractivity contribution in [2.45, 2.75) is 58.6 Å². The van der Waals surface area contributed by atoms with Crippen molar-refractivity contribution in [2.24, 2.45) is 5.92 Å². The molecule has 0 unspecified atom stereocenters. The summed E-state index contributed by atoms with van der Waals surface area (Å²) in [7, 11) is 0. The zero-order chi connectivity index (χ0) is 17.3. The Bertz CT molecular complexity index is 590. The molecule has 1 aromatic heterocycles. The highest BCUT2D eigenvalue weighted by molar-refractivity contribution is 7.13. The van der Waals surface area contributed by atoms with Gasteiger partial charge in [0.2, 0.25) is 0 Å². The van der Waals surface area contributed by atoms with E-state index in [4.69, 9.17) is 4.74 Å². The quantitative estimate of drug-likeness (QED) is 0.864. The first kappa shape index (κ1) is 17.7. The molecule has 1 saturated carbocycles. The summed E-state index contributed by atoms with van der Waals surface area (Å²) in [4.78, 5) is 28.9.